The van der Waals surface area contributed by atoms with Crippen molar-refractivity contribution in [2.75, 3.05) is 18.5 Å². The molecule has 0 spiro atoms. The van der Waals surface area contributed by atoms with Gasteiger partial charge in [-0.05, 0) is 5.92 Å². The van der Waals surface area contributed by atoms with E-state index in [4.69, 9.17) is 4.74 Å². The monoisotopic (exact) mass is 367 g/mol. The molecule has 0 aromatic carbocycles. The first-order valence-corrected chi connectivity index (χ1v) is 8.69. The number of fused-ring (bicyclic) bond motifs is 1. The number of imidazole rings is 1. The van der Waals surface area contributed by atoms with E-state index in [1.807, 2.05) is 13.8 Å². The summed E-state index contributed by atoms with van der Waals surface area (Å²) in [6, 6.07) is -0.183. The lowest BCUT2D eigenvalue weighted by molar-refractivity contribution is -0.0511. The van der Waals surface area contributed by atoms with Crippen molar-refractivity contribution in [3.8, 4) is 0 Å². The molecule has 0 saturated carbocycles. The molecule has 10 nitrogen and oxygen atoms in total. The number of anilines is 1. The number of rotatable bonds is 7. The molecule has 5 N–H and O–H groups in total. The Labute approximate surface area is 150 Å². The van der Waals surface area contributed by atoms with Gasteiger partial charge >= 0.3 is 0 Å². The second kappa shape index (κ2) is 7.80. The van der Waals surface area contributed by atoms with Gasteiger partial charge in [0, 0.05) is 0 Å². The van der Waals surface area contributed by atoms with Gasteiger partial charge in [-0.15, -0.1) is 0 Å². The average molecular weight is 367 g/mol. The summed E-state index contributed by atoms with van der Waals surface area (Å²) >= 11 is 0. The SMILES string of the molecule is CC[C@H](C)[C@@H](CO)Nc1ncnc2c1ncn2[C@@H]1O[C@H](CO)C(O)[C@@H]1O. The van der Waals surface area contributed by atoms with Crippen LogP contribution in [0.3, 0.4) is 0 Å². The zero-order chi connectivity index (χ0) is 18.8. The van der Waals surface area contributed by atoms with E-state index in [0.29, 0.717) is 17.0 Å². The van der Waals surface area contributed by atoms with Crippen LogP contribution in [-0.4, -0.2) is 77.5 Å². The number of hydrogen-bond donors (Lipinski definition) is 5. The van der Waals surface area contributed by atoms with Crippen LogP contribution in [0, 0.1) is 5.92 Å². The maximum Gasteiger partial charge on any atom is 0.167 e. The minimum Gasteiger partial charge on any atom is -0.394 e. The van der Waals surface area contributed by atoms with E-state index < -0.39 is 31.1 Å². The highest BCUT2D eigenvalue weighted by Crippen LogP contribution is 2.32. The predicted octanol–water partition coefficient (Wildman–Crippen LogP) is -0.743. The summed E-state index contributed by atoms with van der Waals surface area (Å²) in [7, 11) is 0. The van der Waals surface area contributed by atoms with Crippen LogP contribution in [0.4, 0.5) is 5.82 Å². The molecule has 0 bridgehead atoms. The summed E-state index contributed by atoms with van der Waals surface area (Å²) in [6.07, 6.45) is -0.526. The Kier molecular flexibility index (Phi) is 5.68. The molecular weight excluding hydrogens is 342 g/mol. The molecule has 6 atom stereocenters. The number of ether oxygens (including phenoxy) is 1. The number of aliphatic hydroxyl groups excluding tert-OH is 4. The largest absolute Gasteiger partial charge is 0.394 e. The van der Waals surface area contributed by atoms with Gasteiger partial charge in [0.2, 0.25) is 0 Å². The molecule has 3 rings (SSSR count). The summed E-state index contributed by atoms with van der Waals surface area (Å²) in [6.45, 7) is 3.62. The zero-order valence-corrected chi connectivity index (χ0v) is 14.7. The molecule has 10 heteroatoms. The molecule has 0 amide bonds. The molecule has 3 heterocycles. The molecule has 2 aromatic rings. The molecule has 1 aliphatic heterocycles. The van der Waals surface area contributed by atoms with Gasteiger partial charge in [0.15, 0.2) is 23.2 Å². The van der Waals surface area contributed by atoms with Crippen LogP contribution in [0.15, 0.2) is 12.7 Å². The number of aliphatic hydroxyl groups is 4. The highest BCUT2D eigenvalue weighted by molar-refractivity contribution is 5.82. The van der Waals surface area contributed by atoms with E-state index in [9.17, 15) is 20.4 Å². The molecule has 1 saturated heterocycles. The number of nitrogens with one attached hydrogen (secondary N) is 1. The summed E-state index contributed by atoms with van der Waals surface area (Å²) < 4.78 is 7.04. The Balaban J connectivity index is 1.92. The van der Waals surface area contributed by atoms with Crippen molar-refractivity contribution in [1.29, 1.82) is 0 Å². The summed E-state index contributed by atoms with van der Waals surface area (Å²) in [4.78, 5) is 12.7. The van der Waals surface area contributed by atoms with E-state index in [1.54, 1.807) is 0 Å². The van der Waals surface area contributed by atoms with Crippen molar-refractivity contribution in [3.63, 3.8) is 0 Å². The van der Waals surface area contributed by atoms with Crippen molar-refractivity contribution >= 4 is 17.0 Å². The molecule has 26 heavy (non-hydrogen) atoms. The van der Waals surface area contributed by atoms with Crippen LogP contribution in [-0.2, 0) is 4.74 Å². The van der Waals surface area contributed by atoms with Gasteiger partial charge in [-0.1, -0.05) is 20.3 Å². The molecular formula is C16H25N5O5. The lowest BCUT2D eigenvalue weighted by atomic mass is 10.00. The molecule has 1 fully saturated rings. The summed E-state index contributed by atoms with van der Waals surface area (Å²) in [5.41, 5.74) is 0.880. The lowest BCUT2D eigenvalue weighted by Gasteiger charge is -2.22. The summed E-state index contributed by atoms with van der Waals surface area (Å²) in [5, 5.41) is 42.2. The first-order valence-electron chi connectivity index (χ1n) is 8.69. The standard InChI is InChI=1S/C16H25N5O5/c1-3-8(2)9(4-22)20-14-11-15(18-6-17-14)21(7-19-11)16-13(25)12(24)10(5-23)26-16/h6-10,12-13,16,22-25H,3-5H2,1-2H3,(H,17,18,20)/t8-,9+,10+,12?,13-,16+/m0/s1. The van der Waals surface area contributed by atoms with Crippen LogP contribution in [0.1, 0.15) is 26.5 Å². The zero-order valence-electron chi connectivity index (χ0n) is 14.7. The molecule has 1 aliphatic rings. The maximum atomic E-state index is 10.2. The molecule has 1 unspecified atom stereocenters. The molecule has 0 radical (unpaired) electrons. The van der Waals surface area contributed by atoms with Crippen LogP contribution in [0.5, 0.6) is 0 Å². The van der Waals surface area contributed by atoms with Crippen LogP contribution in [0.2, 0.25) is 0 Å². The second-order valence-corrected chi connectivity index (χ2v) is 6.59. The van der Waals surface area contributed by atoms with Crippen molar-refractivity contribution in [2.45, 2.75) is 50.8 Å². The maximum absolute atomic E-state index is 10.2. The molecule has 2 aromatic heterocycles. The number of aromatic nitrogens is 4. The van der Waals surface area contributed by atoms with Gasteiger partial charge < -0.3 is 30.5 Å². The topological polar surface area (TPSA) is 146 Å². The van der Waals surface area contributed by atoms with Gasteiger partial charge in [-0.3, -0.25) is 4.57 Å². The third kappa shape index (κ3) is 3.26. The van der Waals surface area contributed by atoms with Gasteiger partial charge in [0.25, 0.3) is 0 Å². The van der Waals surface area contributed by atoms with Crippen LogP contribution >= 0.6 is 0 Å². The normalized spacial score (nSPS) is 28.4. The quantitative estimate of drug-likeness (QED) is 0.427. The van der Waals surface area contributed by atoms with Gasteiger partial charge in [0.05, 0.1) is 25.6 Å². The number of nitrogens with zero attached hydrogens (tertiary/aromatic N) is 4. The predicted molar refractivity (Wildman–Crippen MR) is 92.3 cm³/mol. The van der Waals surface area contributed by atoms with E-state index in [2.05, 4.69) is 20.3 Å². The highest BCUT2D eigenvalue weighted by atomic mass is 16.6. The van der Waals surface area contributed by atoms with Crippen molar-refractivity contribution in [3.05, 3.63) is 12.7 Å². The van der Waals surface area contributed by atoms with Crippen LogP contribution in [0.25, 0.3) is 11.2 Å². The Bertz CT molecular complexity index is 741. The van der Waals surface area contributed by atoms with Gasteiger partial charge in [-0.25, -0.2) is 15.0 Å². The fraction of sp³-hybridized carbons (Fsp3) is 0.688. The van der Waals surface area contributed by atoms with Crippen molar-refractivity contribution in [1.82, 2.24) is 19.5 Å². The van der Waals surface area contributed by atoms with Gasteiger partial charge in [-0.2, -0.15) is 0 Å². The number of hydrogen-bond acceptors (Lipinski definition) is 9. The fourth-order valence-electron chi connectivity index (χ4n) is 3.08. The average Bonchev–Trinajstić information content (AvgIpc) is 3.21. The van der Waals surface area contributed by atoms with Crippen LogP contribution < -0.4 is 5.32 Å². The Hall–Kier alpha value is -1.85. The first-order chi connectivity index (χ1) is 12.5. The Morgan fingerprint density at radius 3 is 2.62 bits per heavy atom. The summed E-state index contributed by atoms with van der Waals surface area (Å²) in [5.74, 6) is 0.701. The first kappa shape index (κ1) is 18.9. The Morgan fingerprint density at radius 1 is 1.23 bits per heavy atom. The minimum absolute atomic E-state index is 0.0456. The second-order valence-electron chi connectivity index (χ2n) is 6.59. The fourth-order valence-corrected chi connectivity index (χ4v) is 3.08. The van der Waals surface area contributed by atoms with E-state index in [0.717, 1.165) is 6.42 Å². The molecule has 144 valence electrons. The van der Waals surface area contributed by atoms with Crippen molar-refractivity contribution in [2.24, 2.45) is 5.92 Å². The third-order valence-corrected chi connectivity index (χ3v) is 5.00. The van der Waals surface area contributed by atoms with E-state index in [-0.39, 0.29) is 18.6 Å². The third-order valence-electron chi connectivity index (χ3n) is 5.00. The minimum atomic E-state index is -1.22. The van der Waals surface area contributed by atoms with Gasteiger partial charge in [0.1, 0.15) is 24.6 Å². The highest BCUT2D eigenvalue weighted by Gasteiger charge is 2.44. The van der Waals surface area contributed by atoms with E-state index >= 15 is 0 Å². The molecule has 0 aliphatic carbocycles. The lowest BCUT2D eigenvalue weighted by Crippen LogP contribution is -2.33. The Morgan fingerprint density at radius 2 is 2.00 bits per heavy atom. The van der Waals surface area contributed by atoms with Crippen molar-refractivity contribution < 1.29 is 25.2 Å². The van der Waals surface area contributed by atoms with E-state index in [1.165, 1.54) is 17.2 Å². The smallest absolute Gasteiger partial charge is 0.167 e.